The van der Waals surface area contributed by atoms with Crippen molar-refractivity contribution in [2.75, 3.05) is 6.54 Å². The first-order valence-corrected chi connectivity index (χ1v) is 7.62. The van der Waals surface area contributed by atoms with Crippen molar-refractivity contribution in [2.45, 2.75) is 70.7 Å². The van der Waals surface area contributed by atoms with Crippen molar-refractivity contribution in [1.29, 1.82) is 0 Å². The van der Waals surface area contributed by atoms with Crippen LogP contribution in [0.15, 0.2) is 6.20 Å². The third-order valence-electron chi connectivity index (χ3n) is 4.66. The topological polar surface area (TPSA) is 41.3 Å². The number of hydrogen-bond donors (Lipinski definition) is 1. The van der Waals surface area contributed by atoms with Crippen molar-refractivity contribution in [3.05, 3.63) is 17.7 Å². The van der Waals surface area contributed by atoms with E-state index in [0.29, 0.717) is 12.1 Å². The predicted octanol–water partition coefficient (Wildman–Crippen LogP) is 1.61. The highest BCUT2D eigenvalue weighted by Gasteiger charge is 2.29. The highest BCUT2D eigenvalue weighted by molar-refractivity contribution is 5.11. The Labute approximate surface area is 115 Å². The molecule has 0 bridgehead atoms. The van der Waals surface area contributed by atoms with E-state index in [1.54, 1.807) is 0 Å². The van der Waals surface area contributed by atoms with Gasteiger partial charge in [0.1, 0.15) is 5.82 Å². The van der Waals surface area contributed by atoms with E-state index in [0.717, 1.165) is 25.8 Å². The number of hydrogen-bond acceptors (Lipinski definition) is 3. The first-order valence-electron chi connectivity index (χ1n) is 7.62. The van der Waals surface area contributed by atoms with E-state index in [1.165, 1.54) is 30.9 Å². The van der Waals surface area contributed by atoms with Crippen LogP contribution in [0.25, 0.3) is 0 Å². The molecule has 0 saturated carbocycles. The van der Waals surface area contributed by atoms with Gasteiger partial charge in [0.2, 0.25) is 0 Å². The number of aliphatic hydroxyl groups is 1. The van der Waals surface area contributed by atoms with Gasteiger partial charge in [0.05, 0.1) is 6.10 Å². The molecule has 0 amide bonds. The molecule has 4 heteroatoms. The van der Waals surface area contributed by atoms with Crippen LogP contribution in [-0.2, 0) is 19.4 Å². The maximum atomic E-state index is 9.71. The lowest BCUT2D eigenvalue weighted by atomic mass is 10.1. The number of aliphatic hydroxyl groups excluding tert-OH is 1. The molecule has 4 nitrogen and oxygen atoms in total. The standard InChI is InChI=1S/C15H25N3O/c1-11(2)17-6-3-4-12(17)9-15-16-10-13-8-14(19)5-7-18(13)15/h10-12,14,19H,3-9H2,1-2H3. The van der Waals surface area contributed by atoms with Gasteiger partial charge in [-0.25, -0.2) is 4.98 Å². The van der Waals surface area contributed by atoms with Crippen LogP contribution < -0.4 is 0 Å². The van der Waals surface area contributed by atoms with Crippen molar-refractivity contribution in [3.63, 3.8) is 0 Å². The summed E-state index contributed by atoms with van der Waals surface area (Å²) in [6.45, 7) is 6.74. The van der Waals surface area contributed by atoms with Crippen LogP contribution in [0.2, 0.25) is 0 Å². The quantitative estimate of drug-likeness (QED) is 0.900. The number of rotatable bonds is 3. The second kappa shape index (κ2) is 5.25. The first kappa shape index (κ1) is 13.1. The summed E-state index contributed by atoms with van der Waals surface area (Å²) < 4.78 is 2.34. The van der Waals surface area contributed by atoms with Gasteiger partial charge in [-0.05, 0) is 39.7 Å². The third kappa shape index (κ3) is 2.56. The molecule has 1 N–H and O–H groups in total. The second-order valence-corrected chi connectivity index (χ2v) is 6.30. The summed E-state index contributed by atoms with van der Waals surface area (Å²) >= 11 is 0. The fourth-order valence-corrected chi connectivity index (χ4v) is 3.64. The highest BCUT2D eigenvalue weighted by Crippen LogP contribution is 2.25. The summed E-state index contributed by atoms with van der Waals surface area (Å²) in [4.78, 5) is 7.23. The molecule has 1 saturated heterocycles. The van der Waals surface area contributed by atoms with Crippen LogP contribution in [-0.4, -0.2) is 44.3 Å². The molecule has 3 heterocycles. The minimum atomic E-state index is -0.171. The van der Waals surface area contributed by atoms with Crippen LogP contribution in [0, 0.1) is 0 Å². The van der Waals surface area contributed by atoms with E-state index >= 15 is 0 Å². The maximum absolute atomic E-state index is 9.71. The normalized spacial score (nSPS) is 28.0. The highest BCUT2D eigenvalue weighted by atomic mass is 16.3. The van der Waals surface area contributed by atoms with E-state index in [2.05, 4.69) is 28.3 Å². The molecule has 19 heavy (non-hydrogen) atoms. The van der Waals surface area contributed by atoms with Crippen LogP contribution in [0.4, 0.5) is 0 Å². The molecule has 0 aliphatic carbocycles. The fraction of sp³-hybridized carbons (Fsp3) is 0.800. The summed E-state index contributed by atoms with van der Waals surface area (Å²) in [7, 11) is 0. The Balaban J connectivity index is 1.74. The molecular formula is C15H25N3O. The lowest BCUT2D eigenvalue weighted by molar-refractivity contribution is 0.142. The molecule has 1 fully saturated rings. The molecule has 2 aliphatic heterocycles. The van der Waals surface area contributed by atoms with Crippen LogP contribution >= 0.6 is 0 Å². The fourth-order valence-electron chi connectivity index (χ4n) is 3.64. The van der Waals surface area contributed by atoms with E-state index < -0.39 is 0 Å². The van der Waals surface area contributed by atoms with Gasteiger partial charge in [-0.2, -0.15) is 0 Å². The van der Waals surface area contributed by atoms with Gasteiger partial charge in [-0.3, -0.25) is 4.90 Å². The van der Waals surface area contributed by atoms with Crippen LogP contribution in [0.1, 0.15) is 44.6 Å². The average molecular weight is 263 g/mol. The molecule has 0 spiro atoms. The molecule has 0 aromatic carbocycles. The largest absolute Gasteiger partial charge is 0.393 e. The molecule has 3 rings (SSSR count). The molecule has 106 valence electrons. The number of fused-ring (bicyclic) bond motifs is 1. The zero-order valence-electron chi connectivity index (χ0n) is 12.0. The van der Waals surface area contributed by atoms with Crippen molar-refractivity contribution in [3.8, 4) is 0 Å². The Kier molecular flexibility index (Phi) is 3.63. The monoisotopic (exact) mass is 263 g/mol. The zero-order valence-corrected chi connectivity index (χ0v) is 12.0. The zero-order chi connectivity index (χ0) is 13.4. The van der Waals surface area contributed by atoms with Crippen molar-refractivity contribution >= 4 is 0 Å². The van der Waals surface area contributed by atoms with E-state index in [1.807, 2.05) is 6.20 Å². The van der Waals surface area contributed by atoms with E-state index in [4.69, 9.17) is 0 Å². The van der Waals surface area contributed by atoms with Gasteiger partial charge >= 0.3 is 0 Å². The average Bonchev–Trinajstić information content (AvgIpc) is 2.97. The van der Waals surface area contributed by atoms with Gasteiger partial charge in [0, 0.05) is 43.4 Å². The van der Waals surface area contributed by atoms with Gasteiger partial charge < -0.3 is 9.67 Å². The number of likely N-dealkylation sites (tertiary alicyclic amines) is 1. The third-order valence-corrected chi connectivity index (χ3v) is 4.66. The summed E-state index contributed by atoms with van der Waals surface area (Å²) in [6.07, 6.45) is 7.11. The number of aromatic nitrogens is 2. The Bertz CT molecular complexity index is 441. The maximum Gasteiger partial charge on any atom is 0.110 e. The smallest absolute Gasteiger partial charge is 0.110 e. The Hall–Kier alpha value is -0.870. The number of nitrogens with zero attached hydrogens (tertiary/aromatic N) is 3. The van der Waals surface area contributed by atoms with Crippen molar-refractivity contribution < 1.29 is 5.11 Å². The van der Waals surface area contributed by atoms with Crippen LogP contribution in [0.3, 0.4) is 0 Å². The second-order valence-electron chi connectivity index (χ2n) is 6.30. The summed E-state index contributed by atoms with van der Waals surface area (Å²) in [5.41, 5.74) is 1.21. The van der Waals surface area contributed by atoms with Gasteiger partial charge in [-0.1, -0.05) is 0 Å². The molecule has 2 unspecified atom stereocenters. The lowest BCUT2D eigenvalue weighted by Gasteiger charge is -2.29. The molecule has 2 atom stereocenters. The predicted molar refractivity (Wildman–Crippen MR) is 75.1 cm³/mol. The van der Waals surface area contributed by atoms with E-state index in [-0.39, 0.29) is 6.10 Å². The molecule has 2 aliphatic rings. The molecule has 1 aromatic heterocycles. The first-order chi connectivity index (χ1) is 9.15. The molecule has 0 radical (unpaired) electrons. The minimum absolute atomic E-state index is 0.171. The van der Waals surface area contributed by atoms with Crippen molar-refractivity contribution in [2.24, 2.45) is 0 Å². The van der Waals surface area contributed by atoms with Gasteiger partial charge in [0.25, 0.3) is 0 Å². The van der Waals surface area contributed by atoms with E-state index in [9.17, 15) is 5.11 Å². The summed E-state index contributed by atoms with van der Waals surface area (Å²) in [5.74, 6) is 1.22. The number of imidazole rings is 1. The van der Waals surface area contributed by atoms with Crippen LogP contribution in [0.5, 0.6) is 0 Å². The summed E-state index contributed by atoms with van der Waals surface area (Å²) in [6, 6.07) is 1.28. The Morgan fingerprint density at radius 1 is 1.37 bits per heavy atom. The minimum Gasteiger partial charge on any atom is -0.393 e. The Morgan fingerprint density at radius 2 is 2.21 bits per heavy atom. The van der Waals surface area contributed by atoms with Gasteiger partial charge in [-0.15, -0.1) is 0 Å². The summed E-state index contributed by atoms with van der Waals surface area (Å²) in [5, 5.41) is 9.71. The molecule has 1 aromatic rings. The molecular weight excluding hydrogens is 238 g/mol. The van der Waals surface area contributed by atoms with Gasteiger partial charge in [0.15, 0.2) is 0 Å². The van der Waals surface area contributed by atoms with Crippen molar-refractivity contribution in [1.82, 2.24) is 14.5 Å². The SMILES string of the molecule is CC(C)N1CCCC1Cc1ncc2n1CCC(O)C2. The lowest BCUT2D eigenvalue weighted by Crippen LogP contribution is -2.37. The Morgan fingerprint density at radius 3 is 3.00 bits per heavy atom.